The zero-order valence-electron chi connectivity index (χ0n) is 13.2. The number of hydrazine groups is 1. The molecule has 8 nitrogen and oxygen atoms in total. The molecule has 2 amide bonds. The van der Waals surface area contributed by atoms with Gasteiger partial charge in [-0.1, -0.05) is 19.3 Å². The van der Waals surface area contributed by atoms with Gasteiger partial charge in [-0.25, -0.2) is 15.0 Å². The van der Waals surface area contributed by atoms with Gasteiger partial charge in [0, 0.05) is 6.20 Å². The van der Waals surface area contributed by atoms with Crippen molar-refractivity contribution in [2.24, 2.45) is 11.8 Å². The van der Waals surface area contributed by atoms with Gasteiger partial charge < -0.3 is 0 Å². The van der Waals surface area contributed by atoms with Crippen LogP contribution in [0.15, 0.2) is 12.3 Å². The molecule has 3 N–H and O–H groups in total. The number of anilines is 1. The van der Waals surface area contributed by atoms with E-state index in [1.165, 1.54) is 0 Å². The summed E-state index contributed by atoms with van der Waals surface area (Å²) in [6.45, 7) is -0.211. The SMILES string of the molecule is O=CN(O)C[C@@H](CC1CCC1)C(=O)NNc1nccc(C(F)(F)F)n1. The number of rotatable bonds is 8. The highest BCUT2D eigenvalue weighted by molar-refractivity contribution is 5.80. The number of nitrogens with one attached hydrogen (secondary N) is 2. The summed E-state index contributed by atoms with van der Waals surface area (Å²) in [5.74, 6) is -1.38. The van der Waals surface area contributed by atoms with E-state index in [4.69, 9.17) is 0 Å². The highest BCUT2D eigenvalue weighted by Gasteiger charge is 2.33. The Bertz CT molecular complexity index is 610. The summed E-state index contributed by atoms with van der Waals surface area (Å²) >= 11 is 0. The average molecular weight is 361 g/mol. The Morgan fingerprint density at radius 2 is 2.20 bits per heavy atom. The Labute approximate surface area is 141 Å². The van der Waals surface area contributed by atoms with Crippen LogP contribution in [0.1, 0.15) is 31.4 Å². The largest absolute Gasteiger partial charge is 0.433 e. The smallest absolute Gasteiger partial charge is 0.286 e. The van der Waals surface area contributed by atoms with Crippen molar-refractivity contribution in [3.05, 3.63) is 18.0 Å². The van der Waals surface area contributed by atoms with Crippen LogP contribution in [0, 0.1) is 11.8 Å². The molecule has 1 aromatic heterocycles. The van der Waals surface area contributed by atoms with Crippen molar-refractivity contribution < 1.29 is 28.0 Å². The van der Waals surface area contributed by atoms with Crippen LogP contribution in [0.2, 0.25) is 0 Å². The molecule has 0 saturated heterocycles. The zero-order chi connectivity index (χ0) is 18.4. The molecule has 138 valence electrons. The van der Waals surface area contributed by atoms with E-state index in [1.54, 1.807) is 0 Å². The van der Waals surface area contributed by atoms with Gasteiger partial charge in [0.05, 0.1) is 12.5 Å². The Morgan fingerprint density at radius 3 is 2.76 bits per heavy atom. The molecule has 0 bridgehead atoms. The van der Waals surface area contributed by atoms with Crippen LogP contribution in [0.5, 0.6) is 0 Å². The van der Waals surface area contributed by atoms with Crippen LogP contribution in [-0.2, 0) is 15.8 Å². The van der Waals surface area contributed by atoms with Gasteiger partial charge in [0.25, 0.3) is 0 Å². The second-order valence-electron chi connectivity index (χ2n) is 5.83. The Kier molecular flexibility index (Phi) is 6.12. The molecule has 0 spiro atoms. The van der Waals surface area contributed by atoms with Crippen molar-refractivity contribution in [3.63, 3.8) is 0 Å². The van der Waals surface area contributed by atoms with Gasteiger partial charge in [-0.15, -0.1) is 0 Å². The molecule has 1 aliphatic rings. The predicted molar refractivity (Wildman–Crippen MR) is 78.8 cm³/mol. The predicted octanol–water partition coefficient (Wildman–Crippen LogP) is 1.59. The van der Waals surface area contributed by atoms with E-state index in [1.807, 2.05) is 0 Å². The van der Waals surface area contributed by atoms with Crippen molar-refractivity contribution in [2.45, 2.75) is 31.9 Å². The summed E-state index contributed by atoms with van der Waals surface area (Å²) in [5.41, 5.74) is 3.31. The molecule has 1 aromatic rings. The van der Waals surface area contributed by atoms with E-state index in [2.05, 4.69) is 20.8 Å². The van der Waals surface area contributed by atoms with Crippen LogP contribution >= 0.6 is 0 Å². The summed E-state index contributed by atoms with van der Waals surface area (Å²) in [6, 6.07) is 0.708. The lowest BCUT2D eigenvalue weighted by molar-refractivity contribution is -0.155. The molecule has 1 saturated carbocycles. The van der Waals surface area contributed by atoms with Gasteiger partial charge in [-0.2, -0.15) is 13.2 Å². The number of hydrogen-bond acceptors (Lipinski definition) is 6. The van der Waals surface area contributed by atoms with E-state index in [0.717, 1.165) is 25.5 Å². The number of nitrogens with zero attached hydrogens (tertiary/aromatic N) is 3. The first-order valence-corrected chi connectivity index (χ1v) is 7.66. The van der Waals surface area contributed by atoms with Gasteiger partial charge in [0.1, 0.15) is 5.69 Å². The molecule has 11 heteroatoms. The van der Waals surface area contributed by atoms with E-state index >= 15 is 0 Å². The second-order valence-corrected chi connectivity index (χ2v) is 5.83. The monoisotopic (exact) mass is 361 g/mol. The Morgan fingerprint density at radius 1 is 1.48 bits per heavy atom. The number of carbonyl (C=O) groups excluding carboxylic acids is 2. The quantitative estimate of drug-likeness (QED) is 0.369. The normalized spacial score (nSPS) is 15.8. The van der Waals surface area contributed by atoms with E-state index in [0.29, 0.717) is 23.5 Å². The minimum atomic E-state index is -4.63. The molecule has 1 aliphatic carbocycles. The third-order valence-electron chi connectivity index (χ3n) is 3.99. The van der Waals surface area contributed by atoms with Crippen molar-refractivity contribution >= 4 is 18.3 Å². The number of amides is 2. The maximum absolute atomic E-state index is 12.6. The fourth-order valence-corrected chi connectivity index (χ4v) is 2.46. The molecule has 1 heterocycles. The molecule has 25 heavy (non-hydrogen) atoms. The second kappa shape index (κ2) is 8.10. The van der Waals surface area contributed by atoms with Crippen LogP contribution in [0.3, 0.4) is 0 Å². The highest BCUT2D eigenvalue weighted by Crippen LogP contribution is 2.32. The van der Waals surface area contributed by atoms with Gasteiger partial charge in [0.15, 0.2) is 0 Å². The molecule has 0 radical (unpaired) electrons. The molecule has 2 rings (SSSR count). The summed E-state index contributed by atoms with van der Waals surface area (Å²) in [6.07, 6.45) is -0.0888. The summed E-state index contributed by atoms with van der Waals surface area (Å²) in [5, 5.41) is 9.67. The molecule has 1 fully saturated rings. The van der Waals surface area contributed by atoms with Gasteiger partial charge in [-0.3, -0.25) is 25.6 Å². The molecule has 0 aromatic carbocycles. The summed E-state index contributed by atoms with van der Waals surface area (Å²) < 4.78 is 37.8. The molecule has 0 unspecified atom stereocenters. The van der Waals surface area contributed by atoms with Crippen LogP contribution in [0.4, 0.5) is 19.1 Å². The maximum Gasteiger partial charge on any atom is 0.433 e. The average Bonchev–Trinajstić information content (AvgIpc) is 2.53. The number of carbonyl (C=O) groups is 2. The van der Waals surface area contributed by atoms with E-state index < -0.39 is 29.6 Å². The van der Waals surface area contributed by atoms with Crippen molar-refractivity contribution in [1.82, 2.24) is 20.5 Å². The van der Waals surface area contributed by atoms with E-state index in [9.17, 15) is 28.0 Å². The first-order valence-electron chi connectivity index (χ1n) is 7.66. The van der Waals surface area contributed by atoms with Crippen LogP contribution in [-0.4, -0.2) is 39.1 Å². The number of alkyl halides is 3. The Balaban J connectivity index is 1.96. The van der Waals surface area contributed by atoms with Crippen LogP contribution < -0.4 is 10.9 Å². The lowest BCUT2D eigenvalue weighted by Gasteiger charge is -2.29. The Hall–Kier alpha value is -2.43. The lowest BCUT2D eigenvalue weighted by atomic mass is 9.79. The number of hydroxylamine groups is 2. The van der Waals surface area contributed by atoms with E-state index in [-0.39, 0.29) is 13.0 Å². The minimum Gasteiger partial charge on any atom is -0.286 e. The highest BCUT2D eigenvalue weighted by atomic mass is 19.4. The number of aromatic nitrogens is 2. The summed E-state index contributed by atoms with van der Waals surface area (Å²) in [4.78, 5) is 29.6. The van der Waals surface area contributed by atoms with Crippen LogP contribution in [0.25, 0.3) is 0 Å². The fourth-order valence-electron chi connectivity index (χ4n) is 2.46. The minimum absolute atomic E-state index is 0.185. The lowest BCUT2D eigenvalue weighted by Crippen LogP contribution is -2.41. The van der Waals surface area contributed by atoms with Gasteiger partial charge >= 0.3 is 6.18 Å². The van der Waals surface area contributed by atoms with Crippen molar-refractivity contribution in [2.75, 3.05) is 12.0 Å². The molecule has 1 atom stereocenters. The fraction of sp³-hybridized carbons (Fsp3) is 0.571. The molecule has 0 aliphatic heterocycles. The van der Waals surface area contributed by atoms with Crippen molar-refractivity contribution in [3.8, 4) is 0 Å². The zero-order valence-corrected chi connectivity index (χ0v) is 13.2. The van der Waals surface area contributed by atoms with Gasteiger partial charge in [0.2, 0.25) is 18.3 Å². The van der Waals surface area contributed by atoms with Gasteiger partial charge in [-0.05, 0) is 18.4 Å². The first-order chi connectivity index (χ1) is 11.8. The maximum atomic E-state index is 12.6. The number of hydrogen-bond donors (Lipinski definition) is 3. The summed E-state index contributed by atoms with van der Waals surface area (Å²) in [7, 11) is 0. The molecular formula is C14H18F3N5O3. The first kappa shape index (κ1) is 18.9. The van der Waals surface area contributed by atoms with Crippen molar-refractivity contribution in [1.29, 1.82) is 0 Å². The third kappa shape index (κ3) is 5.55. The number of halogens is 3. The standard InChI is InChI=1S/C14H18F3N5O3/c15-14(16,17)11-4-5-18-13(19-11)21-20-12(24)10(7-22(25)8-23)6-9-2-1-3-9/h4-5,8-10,25H,1-3,6-7H2,(H,20,24)(H,18,19,21)/t10-/m1/s1. The molecular weight excluding hydrogens is 343 g/mol. The third-order valence-corrected chi connectivity index (χ3v) is 3.99. The topological polar surface area (TPSA) is 107 Å².